The lowest BCUT2D eigenvalue weighted by Gasteiger charge is -2.29. The molecule has 2 rings (SSSR count). The maximum atomic E-state index is 6.18. The van der Waals surface area contributed by atoms with Crippen molar-refractivity contribution in [2.75, 3.05) is 11.6 Å². The predicted octanol–water partition coefficient (Wildman–Crippen LogP) is 4.17. The first kappa shape index (κ1) is 14.9. The lowest BCUT2D eigenvalue weighted by Crippen LogP contribution is -2.28. The van der Waals surface area contributed by atoms with Gasteiger partial charge in [-0.2, -0.15) is 11.8 Å². The molecule has 1 aliphatic carbocycles. The summed E-state index contributed by atoms with van der Waals surface area (Å²) in [5.41, 5.74) is 1.07. The average molecular weight is 300 g/mol. The number of thioether (sulfide) groups is 1. The Morgan fingerprint density at radius 2 is 2.05 bits per heavy atom. The monoisotopic (exact) mass is 299 g/mol. The van der Waals surface area contributed by atoms with Crippen molar-refractivity contribution in [1.29, 1.82) is 0 Å². The molecule has 0 bridgehead atoms. The number of nitrogens with zero attached hydrogens (tertiary/aromatic N) is 2. The molecule has 0 saturated heterocycles. The second-order valence-corrected chi connectivity index (χ2v) is 6.59. The van der Waals surface area contributed by atoms with Crippen LogP contribution in [0, 0.1) is 0 Å². The van der Waals surface area contributed by atoms with E-state index in [1.165, 1.54) is 25.7 Å². The number of hydrogen-bond acceptors (Lipinski definition) is 4. The third kappa shape index (κ3) is 3.99. The van der Waals surface area contributed by atoms with E-state index >= 15 is 0 Å². The molecule has 0 atom stereocenters. The molecule has 1 aromatic rings. The van der Waals surface area contributed by atoms with Gasteiger partial charge < -0.3 is 5.32 Å². The molecule has 3 nitrogen and oxygen atoms in total. The van der Waals surface area contributed by atoms with Crippen molar-refractivity contribution in [3.8, 4) is 0 Å². The highest BCUT2D eigenvalue weighted by molar-refractivity contribution is 7.99. The minimum absolute atomic E-state index is 0.532. The molecule has 1 saturated carbocycles. The molecular formula is C14H22ClN3S. The van der Waals surface area contributed by atoms with Crippen LogP contribution in [0.15, 0.2) is 6.33 Å². The van der Waals surface area contributed by atoms with Crippen LogP contribution in [0.25, 0.3) is 0 Å². The fourth-order valence-corrected chi connectivity index (χ4v) is 3.59. The van der Waals surface area contributed by atoms with Crippen molar-refractivity contribution >= 4 is 29.2 Å². The van der Waals surface area contributed by atoms with Gasteiger partial charge in [0.2, 0.25) is 0 Å². The lowest BCUT2D eigenvalue weighted by molar-refractivity contribution is 0.472. The van der Waals surface area contributed by atoms with Gasteiger partial charge in [0.15, 0.2) is 0 Å². The van der Waals surface area contributed by atoms with Crippen molar-refractivity contribution in [2.45, 2.75) is 56.7 Å². The van der Waals surface area contributed by atoms with Gasteiger partial charge in [-0.05, 0) is 38.4 Å². The van der Waals surface area contributed by atoms with Crippen LogP contribution in [-0.4, -0.2) is 27.5 Å². The molecular weight excluding hydrogens is 278 g/mol. The molecule has 1 heterocycles. The van der Waals surface area contributed by atoms with Crippen molar-refractivity contribution < 1.29 is 0 Å². The van der Waals surface area contributed by atoms with Crippen LogP contribution >= 0.6 is 23.4 Å². The fraction of sp³-hybridized carbons (Fsp3) is 0.714. The third-order valence-corrected chi connectivity index (χ3v) is 5.20. The van der Waals surface area contributed by atoms with Crippen LogP contribution in [0.4, 0.5) is 5.82 Å². The standard InChI is InChI=1S/C14H22ClN3S/c1-3-4-12-13(15)16-9-17-14(12)18-10-5-7-11(19-2)8-6-10/h9-11H,3-8H2,1-2H3,(H,16,17,18). The van der Waals surface area contributed by atoms with Crippen molar-refractivity contribution in [2.24, 2.45) is 0 Å². The van der Waals surface area contributed by atoms with Crippen LogP contribution in [-0.2, 0) is 6.42 Å². The van der Waals surface area contributed by atoms with Crippen LogP contribution in [0.1, 0.15) is 44.6 Å². The summed E-state index contributed by atoms with van der Waals surface area (Å²) in [7, 11) is 0. The highest BCUT2D eigenvalue weighted by Crippen LogP contribution is 2.30. The first-order chi connectivity index (χ1) is 9.24. The van der Waals surface area contributed by atoms with Gasteiger partial charge in [-0.25, -0.2) is 9.97 Å². The van der Waals surface area contributed by atoms with Crippen LogP contribution in [0.5, 0.6) is 0 Å². The molecule has 5 heteroatoms. The van der Waals surface area contributed by atoms with Gasteiger partial charge in [0.1, 0.15) is 17.3 Å². The second kappa shape index (κ2) is 7.34. The number of anilines is 1. The molecule has 106 valence electrons. The second-order valence-electron chi connectivity index (χ2n) is 5.10. The van der Waals surface area contributed by atoms with Gasteiger partial charge in [-0.3, -0.25) is 0 Å². The molecule has 0 aliphatic heterocycles. The molecule has 1 aliphatic rings. The highest BCUT2D eigenvalue weighted by atomic mass is 35.5. The quantitative estimate of drug-likeness (QED) is 0.828. The molecule has 0 spiro atoms. The number of halogens is 1. The molecule has 1 fully saturated rings. The largest absolute Gasteiger partial charge is 0.367 e. The Labute approximate surface area is 124 Å². The van der Waals surface area contributed by atoms with Gasteiger partial charge in [0, 0.05) is 16.9 Å². The van der Waals surface area contributed by atoms with Gasteiger partial charge in [-0.15, -0.1) is 0 Å². The van der Waals surface area contributed by atoms with E-state index < -0.39 is 0 Å². The zero-order valence-corrected chi connectivity index (χ0v) is 13.2. The van der Waals surface area contributed by atoms with E-state index in [4.69, 9.17) is 11.6 Å². The Morgan fingerprint density at radius 3 is 2.68 bits per heavy atom. The molecule has 0 radical (unpaired) electrons. The zero-order valence-electron chi connectivity index (χ0n) is 11.7. The van der Waals surface area contributed by atoms with Crippen LogP contribution < -0.4 is 5.32 Å². The van der Waals surface area contributed by atoms with E-state index in [1.54, 1.807) is 6.33 Å². The minimum atomic E-state index is 0.532. The number of hydrogen-bond donors (Lipinski definition) is 1. The third-order valence-electron chi connectivity index (χ3n) is 3.74. The first-order valence-corrected chi connectivity index (χ1v) is 8.69. The van der Waals surface area contributed by atoms with E-state index in [0.29, 0.717) is 11.2 Å². The Kier molecular flexibility index (Phi) is 5.76. The fourth-order valence-electron chi connectivity index (χ4n) is 2.62. The smallest absolute Gasteiger partial charge is 0.137 e. The van der Waals surface area contributed by atoms with E-state index in [9.17, 15) is 0 Å². The lowest BCUT2D eigenvalue weighted by atomic mass is 9.95. The van der Waals surface area contributed by atoms with E-state index in [2.05, 4.69) is 28.5 Å². The zero-order chi connectivity index (χ0) is 13.7. The summed E-state index contributed by atoms with van der Waals surface area (Å²) in [6.07, 6.45) is 10.8. The molecule has 0 aromatic carbocycles. The minimum Gasteiger partial charge on any atom is -0.367 e. The van der Waals surface area contributed by atoms with Crippen molar-refractivity contribution in [3.05, 3.63) is 17.0 Å². The molecule has 1 N–H and O–H groups in total. The Hall–Kier alpha value is -0.480. The number of nitrogens with one attached hydrogen (secondary N) is 1. The summed E-state index contributed by atoms with van der Waals surface area (Å²) < 4.78 is 0. The maximum absolute atomic E-state index is 6.18. The van der Waals surface area contributed by atoms with Crippen molar-refractivity contribution in [3.63, 3.8) is 0 Å². The summed E-state index contributed by atoms with van der Waals surface area (Å²) in [6, 6.07) is 0.532. The van der Waals surface area contributed by atoms with Crippen LogP contribution in [0.2, 0.25) is 5.15 Å². The van der Waals surface area contributed by atoms with Gasteiger partial charge in [-0.1, -0.05) is 24.9 Å². The molecule has 1 aromatic heterocycles. The van der Waals surface area contributed by atoms with Gasteiger partial charge in [0.25, 0.3) is 0 Å². The molecule has 19 heavy (non-hydrogen) atoms. The topological polar surface area (TPSA) is 37.8 Å². The Morgan fingerprint density at radius 1 is 1.32 bits per heavy atom. The highest BCUT2D eigenvalue weighted by Gasteiger charge is 2.21. The van der Waals surface area contributed by atoms with Crippen molar-refractivity contribution in [1.82, 2.24) is 9.97 Å². The Balaban J connectivity index is 2.01. The Bertz CT molecular complexity index is 406. The summed E-state index contributed by atoms with van der Waals surface area (Å²) in [5, 5.41) is 5.00. The van der Waals surface area contributed by atoms with Crippen LogP contribution in [0.3, 0.4) is 0 Å². The van der Waals surface area contributed by atoms with Gasteiger partial charge in [0.05, 0.1) is 0 Å². The SMILES string of the molecule is CCCc1c(Cl)ncnc1NC1CCC(SC)CC1. The maximum Gasteiger partial charge on any atom is 0.137 e. The summed E-state index contributed by atoms with van der Waals surface area (Å²) >= 11 is 8.17. The average Bonchev–Trinajstić information content (AvgIpc) is 2.43. The number of rotatable bonds is 5. The molecule has 0 amide bonds. The number of aromatic nitrogens is 2. The van der Waals surface area contributed by atoms with E-state index in [1.807, 2.05) is 11.8 Å². The first-order valence-electron chi connectivity index (χ1n) is 7.03. The van der Waals surface area contributed by atoms with Gasteiger partial charge >= 0.3 is 0 Å². The summed E-state index contributed by atoms with van der Waals surface area (Å²) in [6.45, 7) is 2.15. The normalized spacial score (nSPS) is 23.3. The predicted molar refractivity (Wildman–Crippen MR) is 84.2 cm³/mol. The summed E-state index contributed by atoms with van der Waals surface area (Å²) in [5.74, 6) is 0.939. The van der Waals surface area contributed by atoms with E-state index in [0.717, 1.165) is 29.5 Å². The molecule has 0 unspecified atom stereocenters. The summed E-state index contributed by atoms with van der Waals surface area (Å²) in [4.78, 5) is 8.47. The van der Waals surface area contributed by atoms with E-state index in [-0.39, 0.29) is 0 Å².